The SMILES string of the molecule is O=C(CSc1ccc(-c2cccs2)nn1)NC1CCCCC1. The van der Waals surface area contributed by atoms with Crippen molar-refractivity contribution in [3.05, 3.63) is 29.6 Å². The number of carbonyl (C=O) groups is 1. The third kappa shape index (κ3) is 4.30. The van der Waals surface area contributed by atoms with Gasteiger partial charge in [-0.2, -0.15) is 0 Å². The van der Waals surface area contributed by atoms with Crippen LogP contribution in [0.25, 0.3) is 10.6 Å². The summed E-state index contributed by atoms with van der Waals surface area (Å²) in [5, 5.41) is 14.3. The highest BCUT2D eigenvalue weighted by molar-refractivity contribution is 7.99. The Balaban J connectivity index is 1.47. The highest BCUT2D eigenvalue weighted by Crippen LogP contribution is 2.23. The summed E-state index contributed by atoms with van der Waals surface area (Å²) in [4.78, 5) is 13.1. The molecule has 6 heteroatoms. The molecular formula is C16H19N3OS2. The van der Waals surface area contributed by atoms with Gasteiger partial charge in [-0.15, -0.1) is 21.5 Å². The summed E-state index contributed by atoms with van der Waals surface area (Å²) in [5.74, 6) is 0.504. The molecule has 2 aromatic rings. The van der Waals surface area contributed by atoms with Gasteiger partial charge in [0.2, 0.25) is 5.91 Å². The van der Waals surface area contributed by atoms with Crippen molar-refractivity contribution in [2.24, 2.45) is 0 Å². The van der Waals surface area contributed by atoms with Crippen LogP contribution in [-0.4, -0.2) is 27.9 Å². The first kappa shape index (κ1) is 15.5. The van der Waals surface area contributed by atoms with E-state index in [1.807, 2.05) is 29.6 Å². The molecule has 0 aromatic carbocycles. The average Bonchev–Trinajstić information content (AvgIpc) is 3.09. The van der Waals surface area contributed by atoms with E-state index in [0.29, 0.717) is 11.8 Å². The minimum absolute atomic E-state index is 0.0982. The maximum Gasteiger partial charge on any atom is 0.230 e. The molecule has 0 atom stereocenters. The van der Waals surface area contributed by atoms with Gasteiger partial charge in [-0.25, -0.2) is 0 Å². The molecule has 1 saturated carbocycles. The molecule has 1 aliphatic rings. The molecule has 22 heavy (non-hydrogen) atoms. The molecule has 0 saturated heterocycles. The van der Waals surface area contributed by atoms with Crippen LogP contribution < -0.4 is 5.32 Å². The Bertz CT molecular complexity index is 592. The van der Waals surface area contributed by atoms with Gasteiger partial charge in [0.1, 0.15) is 10.7 Å². The Morgan fingerprint density at radius 2 is 2.09 bits per heavy atom. The van der Waals surface area contributed by atoms with Crippen LogP contribution in [-0.2, 0) is 4.79 Å². The molecule has 1 aliphatic carbocycles. The van der Waals surface area contributed by atoms with Crippen molar-refractivity contribution in [2.75, 3.05) is 5.75 Å². The van der Waals surface area contributed by atoms with Crippen molar-refractivity contribution >= 4 is 29.0 Å². The first-order chi connectivity index (χ1) is 10.8. The van der Waals surface area contributed by atoms with E-state index in [2.05, 4.69) is 15.5 Å². The van der Waals surface area contributed by atoms with Crippen LogP contribution in [0.2, 0.25) is 0 Å². The number of nitrogens with one attached hydrogen (secondary N) is 1. The Morgan fingerprint density at radius 1 is 1.23 bits per heavy atom. The van der Waals surface area contributed by atoms with Crippen LogP contribution in [0.15, 0.2) is 34.7 Å². The molecule has 0 spiro atoms. The summed E-state index contributed by atoms with van der Waals surface area (Å²) in [7, 11) is 0. The number of aromatic nitrogens is 2. The lowest BCUT2D eigenvalue weighted by Crippen LogP contribution is -2.37. The summed E-state index contributed by atoms with van der Waals surface area (Å²) >= 11 is 3.09. The fourth-order valence-corrected chi connectivity index (χ4v) is 3.92. The van der Waals surface area contributed by atoms with Crippen molar-refractivity contribution < 1.29 is 4.79 Å². The maximum absolute atomic E-state index is 12.0. The molecule has 2 aromatic heterocycles. The van der Waals surface area contributed by atoms with E-state index in [9.17, 15) is 4.79 Å². The van der Waals surface area contributed by atoms with Gasteiger partial charge in [-0.3, -0.25) is 4.79 Å². The van der Waals surface area contributed by atoms with Crippen LogP contribution in [0.3, 0.4) is 0 Å². The number of carbonyl (C=O) groups excluding carboxylic acids is 1. The van der Waals surface area contributed by atoms with Gasteiger partial charge in [-0.1, -0.05) is 37.1 Å². The van der Waals surface area contributed by atoms with Gasteiger partial charge in [0, 0.05) is 6.04 Å². The number of hydrogen-bond donors (Lipinski definition) is 1. The van der Waals surface area contributed by atoms with Crippen molar-refractivity contribution in [1.82, 2.24) is 15.5 Å². The number of amides is 1. The van der Waals surface area contributed by atoms with Crippen molar-refractivity contribution in [3.8, 4) is 10.6 Å². The first-order valence-electron chi connectivity index (χ1n) is 7.61. The molecule has 0 unspecified atom stereocenters. The molecule has 116 valence electrons. The molecule has 2 heterocycles. The van der Waals surface area contributed by atoms with Gasteiger partial charge in [0.05, 0.1) is 10.6 Å². The second kappa shape index (κ2) is 7.74. The zero-order chi connectivity index (χ0) is 15.2. The van der Waals surface area contributed by atoms with E-state index < -0.39 is 0 Å². The predicted molar refractivity (Wildman–Crippen MR) is 91.1 cm³/mol. The fourth-order valence-electron chi connectivity index (χ4n) is 2.61. The third-order valence-electron chi connectivity index (χ3n) is 3.74. The molecule has 1 N–H and O–H groups in total. The average molecular weight is 333 g/mol. The van der Waals surface area contributed by atoms with E-state index >= 15 is 0 Å². The van der Waals surface area contributed by atoms with Gasteiger partial charge < -0.3 is 5.32 Å². The Hall–Kier alpha value is -1.40. The Labute approximate surface area is 138 Å². The fraction of sp³-hybridized carbons (Fsp3) is 0.438. The molecule has 1 fully saturated rings. The van der Waals surface area contributed by atoms with Crippen LogP contribution in [0.4, 0.5) is 0 Å². The minimum Gasteiger partial charge on any atom is -0.353 e. The second-order valence-electron chi connectivity index (χ2n) is 5.43. The van der Waals surface area contributed by atoms with Gasteiger partial charge in [0.15, 0.2) is 0 Å². The molecule has 0 aliphatic heterocycles. The lowest BCUT2D eigenvalue weighted by Gasteiger charge is -2.22. The summed E-state index contributed by atoms with van der Waals surface area (Å²) in [6.45, 7) is 0. The molecular weight excluding hydrogens is 314 g/mol. The topological polar surface area (TPSA) is 54.9 Å². The van der Waals surface area contributed by atoms with Crippen LogP contribution in [0, 0.1) is 0 Å². The minimum atomic E-state index is 0.0982. The van der Waals surface area contributed by atoms with Crippen LogP contribution in [0.1, 0.15) is 32.1 Å². The normalized spacial score (nSPS) is 15.6. The zero-order valence-electron chi connectivity index (χ0n) is 12.3. The number of nitrogens with zero attached hydrogens (tertiary/aromatic N) is 2. The van der Waals surface area contributed by atoms with Crippen LogP contribution >= 0.6 is 23.1 Å². The zero-order valence-corrected chi connectivity index (χ0v) is 14.0. The largest absolute Gasteiger partial charge is 0.353 e. The molecule has 0 radical (unpaired) electrons. The smallest absolute Gasteiger partial charge is 0.230 e. The molecule has 0 bridgehead atoms. The molecule has 4 nitrogen and oxygen atoms in total. The quantitative estimate of drug-likeness (QED) is 0.847. The molecule has 3 rings (SSSR count). The lowest BCUT2D eigenvalue weighted by molar-refractivity contribution is -0.119. The monoisotopic (exact) mass is 333 g/mol. The summed E-state index contributed by atoms with van der Waals surface area (Å²) in [6, 6.07) is 8.29. The van der Waals surface area contributed by atoms with E-state index in [1.165, 1.54) is 31.0 Å². The van der Waals surface area contributed by atoms with E-state index in [0.717, 1.165) is 28.4 Å². The van der Waals surface area contributed by atoms with E-state index in [4.69, 9.17) is 0 Å². The highest BCUT2D eigenvalue weighted by atomic mass is 32.2. The number of thiophene rings is 1. The van der Waals surface area contributed by atoms with Crippen molar-refractivity contribution in [3.63, 3.8) is 0 Å². The van der Waals surface area contributed by atoms with Crippen molar-refractivity contribution in [2.45, 2.75) is 43.2 Å². The van der Waals surface area contributed by atoms with E-state index in [-0.39, 0.29) is 5.91 Å². The second-order valence-corrected chi connectivity index (χ2v) is 7.37. The molecule has 1 amide bonds. The number of thioether (sulfide) groups is 1. The van der Waals surface area contributed by atoms with Gasteiger partial charge in [0.25, 0.3) is 0 Å². The van der Waals surface area contributed by atoms with Crippen molar-refractivity contribution in [1.29, 1.82) is 0 Å². The third-order valence-corrected chi connectivity index (χ3v) is 5.55. The summed E-state index contributed by atoms with van der Waals surface area (Å²) in [6.07, 6.45) is 5.99. The summed E-state index contributed by atoms with van der Waals surface area (Å²) < 4.78 is 0. The predicted octanol–water partition coefficient (Wildman–Crippen LogP) is 3.75. The lowest BCUT2D eigenvalue weighted by atomic mass is 9.95. The first-order valence-corrected chi connectivity index (χ1v) is 9.47. The Kier molecular flexibility index (Phi) is 5.45. The summed E-state index contributed by atoms with van der Waals surface area (Å²) in [5.41, 5.74) is 0.881. The maximum atomic E-state index is 12.0. The Morgan fingerprint density at radius 3 is 2.77 bits per heavy atom. The number of hydrogen-bond acceptors (Lipinski definition) is 5. The standard InChI is InChI=1S/C16H19N3OS2/c20-15(17-12-5-2-1-3-6-12)11-22-16-9-8-13(18-19-16)14-7-4-10-21-14/h4,7-10,12H,1-3,5-6,11H2,(H,17,20). The van der Waals surface area contributed by atoms with E-state index in [1.54, 1.807) is 11.3 Å². The van der Waals surface area contributed by atoms with Crippen LogP contribution in [0.5, 0.6) is 0 Å². The number of rotatable bonds is 5. The highest BCUT2D eigenvalue weighted by Gasteiger charge is 2.15. The van der Waals surface area contributed by atoms with Gasteiger partial charge >= 0.3 is 0 Å². The van der Waals surface area contributed by atoms with Gasteiger partial charge in [-0.05, 0) is 36.4 Å².